The maximum absolute atomic E-state index is 12.7. The van der Waals surface area contributed by atoms with Crippen molar-refractivity contribution >= 4 is 17.9 Å². The van der Waals surface area contributed by atoms with Gasteiger partial charge in [-0.2, -0.15) is 0 Å². The number of ether oxygens (including phenoxy) is 3. The summed E-state index contributed by atoms with van der Waals surface area (Å²) in [5.74, 6) is -1.17. The van der Waals surface area contributed by atoms with Gasteiger partial charge in [-0.05, 0) is 116 Å². The van der Waals surface area contributed by atoms with Crippen LogP contribution in [0.1, 0.15) is 162 Å². The number of rotatable bonds is 39. The third kappa shape index (κ3) is 46.2. The highest BCUT2D eigenvalue weighted by molar-refractivity contribution is 5.72. The predicted molar refractivity (Wildman–Crippen MR) is 260 cm³/mol. The summed E-state index contributed by atoms with van der Waals surface area (Å²) in [6.07, 6.45) is 68.6. The minimum absolute atomic E-state index is 0.105. The Morgan fingerprint density at radius 2 is 0.656 bits per heavy atom. The van der Waals surface area contributed by atoms with Crippen molar-refractivity contribution in [3.63, 3.8) is 0 Å². The van der Waals surface area contributed by atoms with E-state index in [4.69, 9.17) is 14.2 Å². The van der Waals surface area contributed by atoms with Crippen LogP contribution in [0.2, 0.25) is 0 Å². The van der Waals surface area contributed by atoms with E-state index in [2.05, 4.69) is 154 Å². The number of esters is 3. The number of carbonyl (C=O) groups excluding carboxylic acids is 3. The predicted octanol–water partition coefficient (Wildman–Crippen LogP) is 15.3. The Bertz CT molecular complexity index is 1430. The quantitative estimate of drug-likeness (QED) is 0.0265. The summed E-state index contributed by atoms with van der Waals surface area (Å²) in [4.78, 5) is 37.8. The average molecular weight is 839 g/mol. The second-order valence-electron chi connectivity index (χ2n) is 14.5. The van der Waals surface area contributed by atoms with Crippen LogP contribution in [0.5, 0.6) is 0 Å². The molecular formula is C55H82O6. The van der Waals surface area contributed by atoms with Crippen molar-refractivity contribution in [2.24, 2.45) is 0 Å². The third-order valence-electron chi connectivity index (χ3n) is 8.85. The molecule has 0 aromatic carbocycles. The summed E-state index contributed by atoms with van der Waals surface area (Å²) in [7, 11) is 0. The van der Waals surface area contributed by atoms with Crippen LogP contribution < -0.4 is 0 Å². The molecule has 1 atom stereocenters. The largest absolute Gasteiger partial charge is 0.462 e. The molecule has 1 unspecified atom stereocenters. The van der Waals surface area contributed by atoms with E-state index in [0.29, 0.717) is 12.8 Å². The fourth-order valence-corrected chi connectivity index (χ4v) is 5.46. The van der Waals surface area contributed by atoms with E-state index >= 15 is 0 Å². The Morgan fingerprint density at radius 1 is 0.344 bits per heavy atom. The van der Waals surface area contributed by atoms with Crippen LogP contribution in [0.25, 0.3) is 0 Å². The summed E-state index contributed by atoms with van der Waals surface area (Å²) >= 11 is 0. The molecule has 0 radical (unpaired) electrons. The third-order valence-corrected chi connectivity index (χ3v) is 8.85. The first-order valence-electron chi connectivity index (χ1n) is 23.3. The number of allylic oxidation sites excluding steroid dienone is 23. The Kier molecular flexibility index (Phi) is 44.3. The monoisotopic (exact) mass is 839 g/mol. The van der Waals surface area contributed by atoms with Crippen LogP contribution in [0.3, 0.4) is 0 Å². The molecule has 0 rings (SSSR count). The highest BCUT2D eigenvalue weighted by atomic mass is 16.6. The van der Waals surface area contributed by atoms with Gasteiger partial charge in [0, 0.05) is 12.8 Å². The van der Waals surface area contributed by atoms with Gasteiger partial charge in [0.05, 0.1) is 6.42 Å². The van der Waals surface area contributed by atoms with Crippen molar-refractivity contribution in [3.8, 4) is 0 Å². The highest BCUT2D eigenvalue weighted by Gasteiger charge is 2.19. The zero-order valence-electron chi connectivity index (χ0n) is 38.4. The smallest absolute Gasteiger partial charge is 0.309 e. The van der Waals surface area contributed by atoms with Crippen LogP contribution in [-0.4, -0.2) is 37.2 Å². The van der Waals surface area contributed by atoms with E-state index in [1.54, 1.807) is 6.08 Å². The lowest BCUT2D eigenvalue weighted by Crippen LogP contribution is -2.30. The number of hydrogen-bond acceptors (Lipinski definition) is 6. The molecule has 0 aliphatic rings. The van der Waals surface area contributed by atoms with Gasteiger partial charge in [0.1, 0.15) is 13.2 Å². The van der Waals surface area contributed by atoms with Gasteiger partial charge in [-0.1, -0.05) is 173 Å². The first-order valence-corrected chi connectivity index (χ1v) is 23.3. The summed E-state index contributed by atoms with van der Waals surface area (Å²) in [5.41, 5.74) is 0. The topological polar surface area (TPSA) is 78.9 Å². The van der Waals surface area contributed by atoms with Crippen LogP contribution >= 0.6 is 0 Å². The molecule has 0 aromatic heterocycles. The Morgan fingerprint density at radius 3 is 1.07 bits per heavy atom. The average Bonchev–Trinajstić information content (AvgIpc) is 3.26. The van der Waals surface area contributed by atoms with Crippen molar-refractivity contribution < 1.29 is 28.6 Å². The van der Waals surface area contributed by atoms with Gasteiger partial charge in [0.2, 0.25) is 0 Å². The molecule has 338 valence electrons. The molecule has 0 fully saturated rings. The van der Waals surface area contributed by atoms with E-state index in [-0.39, 0.29) is 32.0 Å². The van der Waals surface area contributed by atoms with Crippen molar-refractivity contribution in [1.29, 1.82) is 0 Å². The molecule has 0 aromatic rings. The van der Waals surface area contributed by atoms with E-state index in [1.807, 2.05) is 6.08 Å². The van der Waals surface area contributed by atoms with E-state index < -0.39 is 18.0 Å². The standard InChI is InChI=1S/C55H82O6/c1-4-7-10-13-16-19-22-25-27-30-33-36-39-42-45-48-54(57)60-51-52(50-59-53(56)47-44-41-38-35-32-29-24-21-18-15-12-9-6-3)61-55(58)49-46-43-40-37-34-31-28-26-23-20-17-14-11-8-5-2/h7-12,16-21,25-29,32-34,36-37,42,45,52H,4-6,13-15,22-24,30-31,35,38-41,43-44,46-51H2,1-3H3/b10-7-,11-8-,12-9-,19-16-,20-17-,21-18-,27-25-,28-26-,32-29-,36-33-,37-34-,45-42-. The van der Waals surface area contributed by atoms with Gasteiger partial charge in [0.15, 0.2) is 6.10 Å². The Balaban J connectivity index is 4.67. The maximum Gasteiger partial charge on any atom is 0.309 e. The normalized spacial score (nSPS) is 13.4. The molecule has 0 saturated carbocycles. The van der Waals surface area contributed by atoms with Crippen molar-refractivity contribution in [2.45, 2.75) is 168 Å². The lowest BCUT2D eigenvalue weighted by Gasteiger charge is -2.18. The fourth-order valence-electron chi connectivity index (χ4n) is 5.46. The number of carbonyl (C=O) groups is 3. The van der Waals surface area contributed by atoms with Gasteiger partial charge in [-0.3, -0.25) is 14.4 Å². The van der Waals surface area contributed by atoms with E-state index in [0.717, 1.165) is 116 Å². The highest BCUT2D eigenvalue weighted by Crippen LogP contribution is 2.09. The molecule has 0 amide bonds. The Labute approximate surface area is 372 Å². The second-order valence-corrected chi connectivity index (χ2v) is 14.5. The summed E-state index contributed by atoms with van der Waals surface area (Å²) in [5, 5.41) is 0. The number of hydrogen-bond donors (Lipinski definition) is 0. The minimum atomic E-state index is -0.857. The molecule has 0 heterocycles. The summed E-state index contributed by atoms with van der Waals surface area (Å²) < 4.78 is 16.6. The fraction of sp³-hybridized carbons (Fsp3) is 0.509. The lowest BCUT2D eigenvalue weighted by atomic mass is 10.1. The molecule has 0 bridgehead atoms. The first-order chi connectivity index (χ1) is 30.0. The zero-order valence-corrected chi connectivity index (χ0v) is 38.4. The number of unbranched alkanes of at least 4 members (excludes halogenated alkanes) is 5. The maximum atomic E-state index is 12.7. The molecular weight excluding hydrogens is 757 g/mol. The SMILES string of the molecule is CC/C=C\C/C=C\C/C=C\C/C=C\C/C=C\CC(=O)OCC(COC(=O)CCCCC/C=C\C/C=C\C/C=C\CC)OC(=O)CCCC/C=C\C/C=C\C/C=C\C/C=C\CC. The van der Waals surface area contributed by atoms with Gasteiger partial charge in [0.25, 0.3) is 0 Å². The molecule has 0 aliphatic heterocycles. The molecule has 6 heteroatoms. The molecule has 0 N–H and O–H groups in total. The molecule has 0 saturated heterocycles. The molecule has 61 heavy (non-hydrogen) atoms. The van der Waals surface area contributed by atoms with Crippen molar-refractivity contribution in [1.82, 2.24) is 0 Å². The van der Waals surface area contributed by atoms with Crippen LogP contribution in [-0.2, 0) is 28.6 Å². The van der Waals surface area contributed by atoms with Crippen LogP contribution in [0.15, 0.2) is 146 Å². The summed E-state index contributed by atoms with van der Waals surface area (Å²) in [6.45, 7) is 6.10. The van der Waals surface area contributed by atoms with Gasteiger partial charge in [-0.25, -0.2) is 0 Å². The van der Waals surface area contributed by atoms with Gasteiger partial charge < -0.3 is 14.2 Å². The van der Waals surface area contributed by atoms with Crippen molar-refractivity contribution in [2.75, 3.05) is 13.2 Å². The van der Waals surface area contributed by atoms with E-state index in [1.165, 1.54) is 0 Å². The summed E-state index contributed by atoms with van der Waals surface area (Å²) in [6, 6.07) is 0. The van der Waals surface area contributed by atoms with Gasteiger partial charge >= 0.3 is 17.9 Å². The van der Waals surface area contributed by atoms with Crippen molar-refractivity contribution in [3.05, 3.63) is 146 Å². The first kappa shape index (κ1) is 56.3. The minimum Gasteiger partial charge on any atom is -0.462 e. The van der Waals surface area contributed by atoms with Gasteiger partial charge in [-0.15, -0.1) is 0 Å². The lowest BCUT2D eigenvalue weighted by molar-refractivity contribution is -0.166. The molecule has 0 aliphatic carbocycles. The molecule has 0 spiro atoms. The van der Waals surface area contributed by atoms with Crippen LogP contribution in [0, 0.1) is 0 Å². The van der Waals surface area contributed by atoms with Crippen LogP contribution in [0.4, 0.5) is 0 Å². The zero-order chi connectivity index (χ0) is 44.4. The second kappa shape index (κ2) is 48.0. The van der Waals surface area contributed by atoms with E-state index in [9.17, 15) is 14.4 Å². The molecule has 6 nitrogen and oxygen atoms in total. The Hall–Kier alpha value is -4.71.